The second-order valence-corrected chi connectivity index (χ2v) is 4.63. The average Bonchev–Trinajstić information content (AvgIpc) is 2.75. The van der Waals surface area contributed by atoms with Crippen molar-refractivity contribution in [2.75, 3.05) is 5.32 Å². The van der Waals surface area contributed by atoms with Gasteiger partial charge in [-0.3, -0.25) is 0 Å². The molecule has 2 aromatic carbocycles. The summed E-state index contributed by atoms with van der Waals surface area (Å²) >= 11 is 6.13. The summed E-state index contributed by atoms with van der Waals surface area (Å²) in [5, 5.41) is 4.13. The number of nitrogens with one attached hydrogen (secondary N) is 1. The van der Waals surface area contributed by atoms with Crippen LogP contribution in [-0.4, -0.2) is 0 Å². The van der Waals surface area contributed by atoms with Crippen LogP contribution in [0, 0.1) is 5.82 Å². The van der Waals surface area contributed by atoms with E-state index in [4.69, 9.17) is 11.6 Å². The summed E-state index contributed by atoms with van der Waals surface area (Å²) in [6.45, 7) is 0. The van der Waals surface area contributed by atoms with E-state index >= 15 is 0 Å². The first-order valence-electron chi connectivity index (χ1n) is 5.53. The summed E-state index contributed by atoms with van der Waals surface area (Å²) in [5.74, 6) is -0.206. The standard InChI is InChI=1S/C14H11ClFN/c15-12-3-1-2-10-8-13(17-14(10)12)9-4-6-11(16)7-5-9/h1-7,13,17H,8H2. The molecule has 0 saturated carbocycles. The van der Waals surface area contributed by atoms with Crippen molar-refractivity contribution >= 4 is 17.3 Å². The Morgan fingerprint density at radius 2 is 1.88 bits per heavy atom. The third kappa shape index (κ3) is 1.89. The molecule has 0 amide bonds. The number of benzene rings is 2. The van der Waals surface area contributed by atoms with Crippen LogP contribution in [0.25, 0.3) is 0 Å². The molecule has 1 nitrogen and oxygen atoms in total. The zero-order valence-corrected chi connectivity index (χ0v) is 9.84. The third-order valence-electron chi connectivity index (χ3n) is 3.11. The lowest BCUT2D eigenvalue weighted by Crippen LogP contribution is -2.05. The van der Waals surface area contributed by atoms with Gasteiger partial charge in [-0.25, -0.2) is 4.39 Å². The van der Waals surface area contributed by atoms with Crippen LogP contribution in [0.1, 0.15) is 17.2 Å². The number of hydrogen-bond donors (Lipinski definition) is 1. The molecule has 0 spiro atoms. The van der Waals surface area contributed by atoms with E-state index in [0.29, 0.717) is 0 Å². The lowest BCUT2D eigenvalue weighted by molar-refractivity contribution is 0.626. The van der Waals surface area contributed by atoms with E-state index in [2.05, 4.69) is 11.4 Å². The molecule has 2 aromatic rings. The Balaban J connectivity index is 1.91. The van der Waals surface area contributed by atoms with Gasteiger partial charge in [-0.2, -0.15) is 0 Å². The summed E-state index contributed by atoms with van der Waals surface area (Å²) < 4.78 is 12.9. The molecule has 1 heterocycles. The quantitative estimate of drug-likeness (QED) is 0.797. The van der Waals surface area contributed by atoms with Gasteiger partial charge in [-0.1, -0.05) is 35.9 Å². The number of hydrogen-bond acceptors (Lipinski definition) is 1. The molecule has 17 heavy (non-hydrogen) atoms. The monoisotopic (exact) mass is 247 g/mol. The van der Waals surface area contributed by atoms with E-state index < -0.39 is 0 Å². The van der Waals surface area contributed by atoms with Crippen molar-refractivity contribution in [3.63, 3.8) is 0 Å². The Hall–Kier alpha value is -1.54. The lowest BCUT2D eigenvalue weighted by Gasteiger charge is -2.11. The normalized spacial score (nSPS) is 17.6. The van der Waals surface area contributed by atoms with Crippen LogP contribution in [0.15, 0.2) is 42.5 Å². The molecule has 1 unspecified atom stereocenters. The van der Waals surface area contributed by atoms with E-state index in [1.165, 1.54) is 17.7 Å². The fourth-order valence-corrected chi connectivity index (χ4v) is 2.49. The second-order valence-electron chi connectivity index (χ2n) is 4.23. The minimum atomic E-state index is -0.206. The molecular formula is C14H11ClFN. The maximum Gasteiger partial charge on any atom is 0.123 e. The van der Waals surface area contributed by atoms with E-state index in [0.717, 1.165) is 22.7 Å². The third-order valence-corrected chi connectivity index (χ3v) is 3.43. The van der Waals surface area contributed by atoms with Crippen LogP contribution in [-0.2, 0) is 6.42 Å². The second kappa shape index (κ2) is 4.04. The molecule has 1 aliphatic heterocycles. The first-order valence-corrected chi connectivity index (χ1v) is 5.91. The molecule has 0 aliphatic carbocycles. The number of anilines is 1. The summed E-state index contributed by atoms with van der Waals surface area (Å²) in [6, 6.07) is 12.7. The molecule has 86 valence electrons. The highest BCUT2D eigenvalue weighted by atomic mass is 35.5. The van der Waals surface area contributed by atoms with Gasteiger partial charge in [0, 0.05) is 0 Å². The summed E-state index contributed by atoms with van der Waals surface area (Å²) in [6.07, 6.45) is 0.890. The van der Waals surface area contributed by atoms with Gasteiger partial charge in [0.05, 0.1) is 16.8 Å². The van der Waals surface area contributed by atoms with Crippen molar-refractivity contribution in [1.82, 2.24) is 0 Å². The van der Waals surface area contributed by atoms with Gasteiger partial charge < -0.3 is 5.32 Å². The molecule has 0 fully saturated rings. The molecule has 0 aromatic heterocycles. The fraction of sp³-hybridized carbons (Fsp3) is 0.143. The van der Waals surface area contributed by atoms with Crippen molar-refractivity contribution < 1.29 is 4.39 Å². The SMILES string of the molecule is Fc1ccc(C2Cc3cccc(Cl)c3N2)cc1. The largest absolute Gasteiger partial charge is 0.376 e. The molecule has 3 rings (SSSR count). The minimum absolute atomic E-state index is 0.186. The highest BCUT2D eigenvalue weighted by molar-refractivity contribution is 6.33. The lowest BCUT2D eigenvalue weighted by atomic mass is 10.0. The zero-order chi connectivity index (χ0) is 11.8. The van der Waals surface area contributed by atoms with Gasteiger partial charge in [-0.05, 0) is 35.7 Å². The first-order chi connectivity index (χ1) is 8.24. The Labute approximate surface area is 104 Å². The van der Waals surface area contributed by atoms with Gasteiger partial charge in [0.2, 0.25) is 0 Å². The zero-order valence-electron chi connectivity index (χ0n) is 9.08. The molecule has 1 atom stereocenters. The van der Waals surface area contributed by atoms with Crippen molar-refractivity contribution in [2.45, 2.75) is 12.5 Å². The van der Waals surface area contributed by atoms with Crippen LogP contribution in [0.3, 0.4) is 0 Å². The van der Waals surface area contributed by atoms with Gasteiger partial charge >= 0.3 is 0 Å². The van der Waals surface area contributed by atoms with Crippen LogP contribution in [0.5, 0.6) is 0 Å². The number of halogens is 2. The van der Waals surface area contributed by atoms with Crippen molar-refractivity contribution in [1.29, 1.82) is 0 Å². The molecule has 0 radical (unpaired) electrons. The fourth-order valence-electron chi connectivity index (χ4n) is 2.24. The number of para-hydroxylation sites is 1. The molecule has 0 saturated heterocycles. The van der Waals surface area contributed by atoms with E-state index in [1.54, 1.807) is 0 Å². The Morgan fingerprint density at radius 3 is 2.59 bits per heavy atom. The van der Waals surface area contributed by atoms with Gasteiger partial charge in [0.1, 0.15) is 5.82 Å². The molecule has 3 heteroatoms. The van der Waals surface area contributed by atoms with Crippen molar-refractivity contribution in [3.05, 3.63) is 64.4 Å². The summed E-state index contributed by atoms with van der Waals surface area (Å²) in [4.78, 5) is 0. The van der Waals surface area contributed by atoms with E-state index in [1.807, 2.05) is 24.3 Å². The molecule has 0 bridgehead atoms. The predicted octanol–water partition coefficient (Wildman–Crippen LogP) is 4.19. The highest BCUT2D eigenvalue weighted by Gasteiger charge is 2.23. The molecular weight excluding hydrogens is 237 g/mol. The highest BCUT2D eigenvalue weighted by Crippen LogP contribution is 2.38. The Bertz CT molecular complexity index is 551. The van der Waals surface area contributed by atoms with Crippen molar-refractivity contribution in [2.24, 2.45) is 0 Å². The average molecular weight is 248 g/mol. The van der Waals surface area contributed by atoms with Crippen molar-refractivity contribution in [3.8, 4) is 0 Å². The van der Waals surface area contributed by atoms with Gasteiger partial charge in [0.25, 0.3) is 0 Å². The van der Waals surface area contributed by atoms with Crippen LogP contribution in [0.2, 0.25) is 5.02 Å². The van der Waals surface area contributed by atoms with Crippen LogP contribution in [0.4, 0.5) is 10.1 Å². The van der Waals surface area contributed by atoms with Gasteiger partial charge in [-0.15, -0.1) is 0 Å². The van der Waals surface area contributed by atoms with Crippen LogP contribution >= 0.6 is 11.6 Å². The maximum atomic E-state index is 12.9. The summed E-state index contributed by atoms with van der Waals surface area (Å²) in [5.41, 5.74) is 3.30. The number of fused-ring (bicyclic) bond motifs is 1. The number of rotatable bonds is 1. The Kier molecular flexibility index (Phi) is 2.52. The summed E-state index contributed by atoms with van der Waals surface area (Å²) in [7, 11) is 0. The minimum Gasteiger partial charge on any atom is -0.376 e. The topological polar surface area (TPSA) is 12.0 Å². The molecule has 1 aliphatic rings. The van der Waals surface area contributed by atoms with Gasteiger partial charge in [0.15, 0.2) is 0 Å². The predicted molar refractivity (Wildman–Crippen MR) is 67.9 cm³/mol. The van der Waals surface area contributed by atoms with Crippen LogP contribution < -0.4 is 5.32 Å². The van der Waals surface area contributed by atoms with E-state index in [9.17, 15) is 4.39 Å². The Morgan fingerprint density at radius 1 is 1.12 bits per heavy atom. The molecule has 1 N–H and O–H groups in total. The maximum absolute atomic E-state index is 12.9. The first kappa shape index (κ1) is 10.6. The van der Waals surface area contributed by atoms with E-state index in [-0.39, 0.29) is 11.9 Å². The smallest absolute Gasteiger partial charge is 0.123 e.